The van der Waals surface area contributed by atoms with Crippen molar-refractivity contribution in [3.05, 3.63) is 58.2 Å². The van der Waals surface area contributed by atoms with Crippen LogP contribution in [0.5, 0.6) is 5.75 Å². The van der Waals surface area contributed by atoms with E-state index in [9.17, 15) is 19.4 Å². The fourth-order valence-electron chi connectivity index (χ4n) is 4.57. The van der Waals surface area contributed by atoms with Crippen molar-refractivity contribution in [2.45, 2.75) is 25.4 Å². The Balaban J connectivity index is 1.42. The summed E-state index contributed by atoms with van der Waals surface area (Å²) in [6, 6.07) is 9.03. The van der Waals surface area contributed by atoms with Gasteiger partial charge in [0.2, 0.25) is 0 Å². The number of carboxylic acid groups (broad SMARTS) is 1. The summed E-state index contributed by atoms with van der Waals surface area (Å²) in [6.45, 7) is 1.68. The quantitative estimate of drug-likeness (QED) is 0.488. The van der Waals surface area contributed by atoms with E-state index >= 15 is 0 Å². The molecule has 4 rings (SSSR count). The van der Waals surface area contributed by atoms with E-state index in [4.69, 9.17) is 4.74 Å². The number of aliphatic hydroxyl groups is 1. The Morgan fingerprint density at radius 3 is 3.00 bits per heavy atom. The molecule has 2 aromatic heterocycles. The second kappa shape index (κ2) is 11.0. The third-order valence-corrected chi connectivity index (χ3v) is 7.19. The predicted molar refractivity (Wildman–Crippen MR) is 129 cm³/mol. The molecule has 0 bridgehead atoms. The van der Waals surface area contributed by atoms with Crippen molar-refractivity contribution in [3.8, 4) is 17.6 Å². The molecule has 3 atom stereocenters. The van der Waals surface area contributed by atoms with E-state index in [-0.39, 0.29) is 17.9 Å². The molecule has 0 aliphatic carbocycles. The first-order chi connectivity index (χ1) is 16.5. The van der Waals surface area contributed by atoms with E-state index in [1.54, 1.807) is 29.5 Å². The zero-order valence-corrected chi connectivity index (χ0v) is 19.7. The number of rotatable bonds is 7. The number of aliphatic carboxylic acids is 1. The molecule has 1 aliphatic rings. The predicted octanol–water partition coefficient (Wildman–Crippen LogP) is 4.33. The van der Waals surface area contributed by atoms with E-state index in [1.165, 1.54) is 7.11 Å². The number of pyridine rings is 1. The highest BCUT2D eigenvalue weighted by atomic mass is 32.1. The molecule has 0 radical (unpaired) electrons. The molecule has 0 saturated carbocycles. The summed E-state index contributed by atoms with van der Waals surface area (Å²) in [5, 5.41) is 23.2. The smallest absolute Gasteiger partial charge is 0.308 e. The topological polar surface area (TPSA) is 82.9 Å². The van der Waals surface area contributed by atoms with Gasteiger partial charge in [-0.1, -0.05) is 17.9 Å². The van der Waals surface area contributed by atoms with Crippen LogP contribution in [0.15, 0.2) is 41.9 Å². The summed E-state index contributed by atoms with van der Waals surface area (Å²) in [6.07, 6.45) is 1.49. The average Bonchev–Trinajstić information content (AvgIpc) is 3.36. The molecule has 3 aromatic rings. The van der Waals surface area contributed by atoms with Gasteiger partial charge in [-0.05, 0) is 61.4 Å². The van der Waals surface area contributed by atoms with Crippen LogP contribution in [-0.2, 0) is 4.79 Å². The maximum absolute atomic E-state index is 14.7. The van der Waals surface area contributed by atoms with Gasteiger partial charge in [-0.2, -0.15) is 0 Å². The first-order valence-corrected chi connectivity index (χ1v) is 12.1. The zero-order valence-electron chi connectivity index (χ0n) is 18.9. The lowest BCUT2D eigenvalue weighted by atomic mass is 9.81. The number of fused-ring (bicyclic) bond motifs is 1. The minimum atomic E-state index is -1.07. The third kappa shape index (κ3) is 5.55. The average molecular weight is 483 g/mol. The largest absolute Gasteiger partial charge is 0.497 e. The number of thiophene rings is 1. The number of benzene rings is 1. The lowest BCUT2D eigenvalue weighted by Crippen LogP contribution is -2.44. The fourth-order valence-corrected chi connectivity index (χ4v) is 5.17. The van der Waals surface area contributed by atoms with Crippen molar-refractivity contribution in [3.63, 3.8) is 0 Å². The number of carboxylic acids is 1. The molecule has 1 fully saturated rings. The van der Waals surface area contributed by atoms with Crippen LogP contribution in [0.4, 0.5) is 4.39 Å². The van der Waals surface area contributed by atoms with Crippen LogP contribution in [0.2, 0.25) is 0 Å². The number of aromatic nitrogens is 1. The Hall–Kier alpha value is -2.99. The molecule has 2 unspecified atom stereocenters. The monoisotopic (exact) mass is 482 g/mol. The van der Waals surface area contributed by atoms with E-state index in [1.807, 2.05) is 17.5 Å². The highest BCUT2D eigenvalue weighted by Gasteiger charge is 2.34. The number of likely N-dealkylation sites (tertiary alicyclic amines) is 1. The number of halogens is 1. The summed E-state index contributed by atoms with van der Waals surface area (Å²) < 4.78 is 19.9. The fraction of sp³-hybridized carbons (Fsp3) is 0.385. The van der Waals surface area contributed by atoms with Gasteiger partial charge in [0.1, 0.15) is 11.6 Å². The van der Waals surface area contributed by atoms with Crippen molar-refractivity contribution in [1.82, 2.24) is 9.88 Å². The molecule has 0 amide bonds. The molecular weight excluding hydrogens is 455 g/mol. The van der Waals surface area contributed by atoms with Crippen LogP contribution in [0.25, 0.3) is 10.9 Å². The first kappa shape index (κ1) is 24.1. The minimum absolute atomic E-state index is 0.0978. The molecule has 34 heavy (non-hydrogen) atoms. The Morgan fingerprint density at radius 2 is 2.26 bits per heavy atom. The summed E-state index contributed by atoms with van der Waals surface area (Å²) in [5.74, 6) is 4.71. The number of methoxy groups -OCH3 is 1. The Labute approximate surface area is 202 Å². The van der Waals surface area contributed by atoms with Crippen LogP contribution < -0.4 is 4.74 Å². The SMILES string of the molecule is COc1ccc2ncc(F)c([C@H](O)CCC3CCN(CC#Cc4cccs4)CC3C(=O)O)c2c1. The first-order valence-electron chi connectivity index (χ1n) is 11.2. The molecular formula is C26H27FN2O4S. The number of piperidine rings is 1. The Bertz CT molecular complexity index is 1200. The van der Waals surface area contributed by atoms with E-state index < -0.39 is 23.8 Å². The van der Waals surface area contributed by atoms with Gasteiger partial charge in [-0.25, -0.2) is 4.39 Å². The maximum atomic E-state index is 14.7. The molecule has 0 spiro atoms. The van der Waals surface area contributed by atoms with Crippen LogP contribution >= 0.6 is 11.3 Å². The highest BCUT2D eigenvalue weighted by molar-refractivity contribution is 7.10. The highest BCUT2D eigenvalue weighted by Crippen LogP contribution is 2.34. The lowest BCUT2D eigenvalue weighted by Gasteiger charge is -2.36. The van der Waals surface area contributed by atoms with Crippen molar-refractivity contribution >= 4 is 28.2 Å². The second-order valence-electron chi connectivity index (χ2n) is 8.50. The van der Waals surface area contributed by atoms with Gasteiger partial charge < -0.3 is 14.9 Å². The molecule has 2 N–H and O–H groups in total. The standard InChI is InChI=1S/C26H27FN2O4S/c1-33-18-7-8-23-20(14-18)25(22(27)15-28-23)24(30)9-6-17-10-12-29(16-21(17)26(31)32)11-2-4-19-5-3-13-34-19/h3,5,7-8,13-15,17,21,24,30H,6,9-12,16H2,1H3,(H,31,32)/t17?,21?,24-/m1/s1. The van der Waals surface area contributed by atoms with Crippen molar-refractivity contribution < 1.29 is 24.1 Å². The van der Waals surface area contributed by atoms with Crippen LogP contribution in [0, 0.1) is 29.5 Å². The van der Waals surface area contributed by atoms with Crippen molar-refractivity contribution in [2.24, 2.45) is 11.8 Å². The molecule has 178 valence electrons. The van der Waals surface area contributed by atoms with E-state index in [2.05, 4.69) is 21.7 Å². The molecule has 8 heteroatoms. The van der Waals surface area contributed by atoms with Gasteiger partial charge in [0.25, 0.3) is 0 Å². The number of hydrogen-bond acceptors (Lipinski definition) is 6. The molecule has 3 heterocycles. The van der Waals surface area contributed by atoms with Crippen molar-refractivity contribution in [1.29, 1.82) is 0 Å². The van der Waals surface area contributed by atoms with Gasteiger partial charge in [0.05, 0.1) is 42.3 Å². The minimum Gasteiger partial charge on any atom is -0.497 e. The lowest BCUT2D eigenvalue weighted by molar-refractivity contribution is -0.146. The summed E-state index contributed by atoms with van der Waals surface area (Å²) in [7, 11) is 1.52. The third-order valence-electron chi connectivity index (χ3n) is 6.40. The Morgan fingerprint density at radius 1 is 1.41 bits per heavy atom. The number of aliphatic hydroxyl groups excluding tert-OH is 1. The van der Waals surface area contributed by atoms with Gasteiger partial charge in [-0.15, -0.1) is 11.3 Å². The van der Waals surface area contributed by atoms with Crippen LogP contribution in [0.3, 0.4) is 0 Å². The number of hydrogen-bond donors (Lipinski definition) is 2. The van der Waals surface area contributed by atoms with Crippen molar-refractivity contribution in [2.75, 3.05) is 26.7 Å². The molecule has 1 saturated heterocycles. The maximum Gasteiger partial charge on any atom is 0.308 e. The Kier molecular flexibility index (Phi) is 7.78. The molecule has 6 nitrogen and oxygen atoms in total. The van der Waals surface area contributed by atoms with E-state index in [0.717, 1.165) is 17.6 Å². The summed E-state index contributed by atoms with van der Waals surface area (Å²) >= 11 is 1.58. The van der Waals surface area contributed by atoms with Gasteiger partial charge >= 0.3 is 5.97 Å². The van der Waals surface area contributed by atoms with Crippen LogP contribution in [-0.4, -0.2) is 52.8 Å². The van der Waals surface area contributed by atoms with Gasteiger partial charge in [0.15, 0.2) is 0 Å². The second-order valence-corrected chi connectivity index (χ2v) is 9.45. The summed E-state index contributed by atoms with van der Waals surface area (Å²) in [4.78, 5) is 19.1. The number of carbonyl (C=O) groups is 1. The molecule has 1 aromatic carbocycles. The summed E-state index contributed by atoms with van der Waals surface area (Å²) in [5.41, 5.74) is 0.744. The number of nitrogens with zero attached hydrogens (tertiary/aromatic N) is 2. The molecule has 1 aliphatic heterocycles. The normalized spacial score (nSPS) is 19.4. The van der Waals surface area contributed by atoms with E-state index in [0.29, 0.717) is 42.6 Å². The van der Waals surface area contributed by atoms with Gasteiger partial charge in [0, 0.05) is 17.5 Å². The van der Waals surface area contributed by atoms with Crippen LogP contribution in [0.1, 0.15) is 35.8 Å². The zero-order chi connectivity index (χ0) is 24.1. The number of ether oxygens (including phenoxy) is 1. The van der Waals surface area contributed by atoms with Gasteiger partial charge in [-0.3, -0.25) is 14.7 Å².